The van der Waals surface area contributed by atoms with Crippen molar-refractivity contribution in [2.75, 3.05) is 13.1 Å². The fourth-order valence-electron chi connectivity index (χ4n) is 2.42. The van der Waals surface area contributed by atoms with E-state index in [1.807, 2.05) is 32.0 Å². The molecule has 0 aromatic heterocycles. The Morgan fingerprint density at radius 1 is 1.39 bits per heavy atom. The minimum absolute atomic E-state index is 0.170. The Balaban J connectivity index is 2.03. The largest absolute Gasteiger partial charge is 0.491 e. The maximum absolute atomic E-state index is 9.70. The zero-order valence-corrected chi connectivity index (χ0v) is 11.3. The van der Waals surface area contributed by atoms with E-state index < -0.39 is 0 Å². The summed E-state index contributed by atoms with van der Waals surface area (Å²) >= 11 is 0. The predicted octanol–water partition coefficient (Wildman–Crippen LogP) is 2.43. The van der Waals surface area contributed by atoms with Crippen LogP contribution in [0.5, 0.6) is 5.75 Å². The molecule has 1 aromatic carbocycles. The van der Waals surface area contributed by atoms with Gasteiger partial charge in [0.2, 0.25) is 0 Å². The molecule has 0 spiro atoms. The monoisotopic (exact) mass is 249 g/mol. The van der Waals surface area contributed by atoms with Crippen molar-refractivity contribution >= 4 is 0 Å². The molecule has 1 fully saturated rings. The summed E-state index contributed by atoms with van der Waals surface area (Å²) in [6, 6.07) is 8.18. The third kappa shape index (κ3) is 3.72. The molecule has 3 nitrogen and oxygen atoms in total. The molecule has 0 aliphatic carbocycles. The van der Waals surface area contributed by atoms with Gasteiger partial charge in [-0.15, -0.1) is 0 Å². The first-order valence-electron chi connectivity index (χ1n) is 6.80. The van der Waals surface area contributed by atoms with Crippen LogP contribution in [-0.4, -0.2) is 35.3 Å². The first-order valence-corrected chi connectivity index (χ1v) is 6.80. The number of likely N-dealkylation sites (tertiary alicyclic amines) is 1. The maximum Gasteiger partial charge on any atom is 0.124 e. The molecule has 1 aliphatic heterocycles. The topological polar surface area (TPSA) is 32.7 Å². The number of β-amino-alcohol motifs (C(OH)–C–C–N with tert-alkyl or cyclic N) is 1. The van der Waals surface area contributed by atoms with Gasteiger partial charge in [0, 0.05) is 18.7 Å². The minimum Gasteiger partial charge on any atom is -0.491 e. The second kappa shape index (κ2) is 6.21. The van der Waals surface area contributed by atoms with Gasteiger partial charge >= 0.3 is 0 Å². The molecular weight excluding hydrogens is 226 g/mol. The van der Waals surface area contributed by atoms with Gasteiger partial charge < -0.3 is 9.84 Å². The zero-order valence-electron chi connectivity index (χ0n) is 11.3. The van der Waals surface area contributed by atoms with Crippen LogP contribution in [0.2, 0.25) is 0 Å². The fourth-order valence-corrected chi connectivity index (χ4v) is 2.42. The summed E-state index contributed by atoms with van der Waals surface area (Å²) in [5.74, 6) is 0.965. The molecule has 1 aromatic rings. The van der Waals surface area contributed by atoms with Crippen molar-refractivity contribution < 1.29 is 9.84 Å². The first-order chi connectivity index (χ1) is 8.65. The van der Waals surface area contributed by atoms with Crippen LogP contribution in [-0.2, 0) is 6.54 Å². The lowest BCUT2D eigenvalue weighted by Crippen LogP contribution is -2.37. The Bertz CT molecular complexity index is 379. The highest BCUT2D eigenvalue weighted by Crippen LogP contribution is 2.22. The molecule has 0 saturated carbocycles. The molecule has 0 radical (unpaired) electrons. The Hall–Kier alpha value is -1.06. The number of ether oxygens (including phenoxy) is 1. The molecule has 3 heteroatoms. The van der Waals surface area contributed by atoms with Crippen LogP contribution < -0.4 is 4.74 Å². The number of piperidine rings is 1. The number of hydrogen-bond donors (Lipinski definition) is 1. The smallest absolute Gasteiger partial charge is 0.124 e. The third-order valence-electron chi connectivity index (χ3n) is 3.21. The molecular formula is C15H23NO2. The van der Waals surface area contributed by atoms with Gasteiger partial charge in [0.05, 0.1) is 12.2 Å². The molecule has 1 unspecified atom stereocenters. The molecule has 1 saturated heterocycles. The van der Waals surface area contributed by atoms with Crippen molar-refractivity contribution in [2.24, 2.45) is 0 Å². The van der Waals surface area contributed by atoms with Crippen LogP contribution >= 0.6 is 0 Å². The quantitative estimate of drug-likeness (QED) is 0.889. The Morgan fingerprint density at radius 3 is 2.89 bits per heavy atom. The number of benzene rings is 1. The van der Waals surface area contributed by atoms with Gasteiger partial charge in [-0.2, -0.15) is 0 Å². The number of para-hydroxylation sites is 1. The summed E-state index contributed by atoms with van der Waals surface area (Å²) in [5, 5.41) is 9.70. The van der Waals surface area contributed by atoms with Gasteiger partial charge in [-0.1, -0.05) is 18.2 Å². The zero-order chi connectivity index (χ0) is 13.0. The van der Waals surface area contributed by atoms with E-state index in [1.54, 1.807) is 0 Å². The first kappa shape index (κ1) is 13.4. The maximum atomic E-state index is 9.70. The number of aliphatic hydroxyl groups excluding tert-OH is 1. The number of rotatable bonds is 4. The Labute approximate surface area is 109 Å². The summed E-state index contributed by atoms with van der Waals surface area (Å²) in [4.78, 5) is 2.30. The normalized spacial score (nSPS) is 21.2. The van der Waals surface area contributed by atoms with E-state index >= 15 is 0 Å². The lowest BCUT2D eigenvalue weighted by Gasteiger charge is -2.30. The third-order valence-corrected chi connectivity index (χ3v) is 3.21. The van der Waals surface area contributed by atoms with Crippen molar-refractivity contribution in [2.45, 2.75) is 45.4 Å². The standard InChI is InChI=1S/C15H23NO2/c1-12(2)18-15-8-4-3-6-13(15)10-16-9-5-7-14(17)11-16/h3-4,6,8,12,14,17H,5,7,9-11H2,1-2H3. The van der Waals surface area contributed by atoms with Gasteiger partial charge in [0.25, 0.3) is 0 Å². The number of nitrogens with zero attached hydrogens (tertiary/aromatic N) is 1. The summed E-state index contributed by atoms with van der Waals surface area (Å²) in [6.07, 6.45) is 2.03. The SMILES string of the molecule is CC(C)Oc1ccccc1CN1CCCC(O)C1. The van der Waals surface area contributed by atoms with Gasteiger partial charge in [0.1, 0.15) is 5.75 Å². The Morgan fingerprint density at radius 2 is 2.17 bits per heavy atom. The van der Waals surface area contributed by atoms with E-state index in [4.69, 9.17) is 4.74 Å². The molecule has 2 rings (SSSR count). The molecule has 100 valence electrons. The summed E-state index contributed by atoms with van der Waals surface area (Å²) in [6.45, 7) is 6.78. The summed E-state index contributed by atoms with van der Waals surface area (Å²) in [7, 11) is 0. The molecule has 0 amide bonds. The minimum atomic E-state index is -0.170. The predicted molar refractivity (Wildman–Crippen MR) is 72.7 cm³/mol. The molecule has 18 heavy (non-hydrogen) atoms. The van der Waals surface area contributed by atoms with Gasteiger partial charge in [-0.25, -0.2) is 0 Å². The highest BCUT2D eigenvalue weighted by atomic mass is 16.5. The lowest BCUT2D eigenvalue weighted by molar-refractivity contribution is 0.0661. The summed E-state index contributed by atoms with van der Waals surface area (Å²) < 4.78 is 5.82. The van der Waals surface area contributed by atoms with E-state index in [1.165, 1.54) is 5.56 Å². The van der Waals surface area contributed by atoms with Crippen molar-refractivity contribution in [3.63, 3.8) is 0 Å². The highest BCUT2D eigenvalue weighted by Gasteiger charge is 2.18. The molecule has 1 aliphatic rings. The van der Waals surface area contributed by atoms with E-state index in [-0.39, 0.29) is 12.2 Å². The molecule has 1 heterocycles. The second-order valence-corrected chi connectivity index (χ2v) is 5.31. The van der Waals surface area contributed by atoms with Crippen LogP contribution in [0.3, 0.4) is 0 Å². The van der Waals surface area contributed by atoms with Crippen molar-refractivity contribution in [3.8, 4) is 5.75 Å². The number of hydrogen-bond acceptors (Lipinski definition) is 3. The van der Waals surface area contributed by atoms with Gasteiger partial charge in [0.15, 0.2) is 0 Å². The van der Waals surface area contributed by atoms with E-state index in [9.17, 15) is 5.11 Å². The van der Waals surface area contributed by atoms with Crippen LogP contribution in [0.25, 0.3) is 0 Å². The Kier molecular flexibility index (Phi) is 4.61. The average molecular weight is 249 g/mol. The molecule has 0 bridgehead atoms. The highest BCUT2D eigenvalue weighted by molar-refractivity contribution is 5.33. The van der Waals surface area contributed by atoms with Crippen molar-refractivity contribution in [1.82, 2.24) is 4.90 Å². The van der Waals surface area contributed by atoms with Crippen LogP contribution in [0.1, 0.15) is 32.3 Å². The van der Waals surface area contributed by atoms with Crippen LogP contribution in [0.4, 0.5) is 0 Å². The molecule has 1 atom stereocenters. The van der Waals surface area contributed by atoms with Gasteiger partial charge in [-0.05, 0) is 39.3 Å². The van der Waals surface area contributed by atoms with Crippen LogP contribution in [0, 0.1) is 0 Å². The fraction of sp³-hybridized carbons (Fsp3) is 0.600. The van der Waals surface area contributed by atoms with E-state index in [0.29, 0.717) is 0 Å². The lowest BCUT2D eigenvalue weighted by atomic mass is 10.1. The second-order valence-electron chi connectivity index (χ2n) is 5.31. The van der Waals surface area contributed by atoms with Gasteiger partial charge in [-0.3, -0.25) is 4.90 Å². The van der Waals surface area contributed by atoms with E-state index in [0.717, 1.165) is 38.2 Å². The summed E-state index contributed by atoms with van der Waals surface area (Å²) in [5.41, 5.74) is 1.21. The van der Waals surface area contributed by atoms with Crippen molar-refractivity contribution in [1.29, 1.82) is 0 Å². The number of aliphatic hydroxyl groups is 1. The van der Waals surface area contributed by atoms with Crippen molar-refractivity contribution in [3.05, 3.63) is 29.8 Å². The van der Waals surface area contributed by atoms with Crippen LogP contribution in [0.15, 0.2) is 24.3 Å². The molecule has 1 N–H and O–H groups in total. The van der Waals surface area contributed by atoms with E-state index in [2.05, 4.69) is 11.0 Å². The average Bonchev–Trinajstić information content (AvgIpc) is 2.31.